The largest absolute Gasteiger partial charge is 0.489 e. The lowest BCUT2D eigenvalue weighted by Crippen LogP contribution is -2.03. The van der Waals surface area contributed by atoms with Crippen LogP contribution in [-0.4, -0.2) is 18.5 Å². The molecule has 0 spiro atoms. The van der Waals surface area contributed by atoms with Crippen molar-refractivity contribution in [2.45, 2.75) is 0 Å². The Morgan fingerprint density at radius 3 is 2.91 bits per heavy atom. The van der Waals surface area contributed by atoms with Crippen LogP contribution in [0.1, 0.15) is 10.4 Å². The zero-order chi connectivity index (χ0) is 15.4. The Labute approximate surface area is 132 Å². The third-order valence-electron chi connectivity index (χ3n) is 2.92. The van der Waals surface area contributed by atoms with E-state index < -0.39 is 5.97 Å². The summed E-state index contributed by atoms with van der Waals surface area (Å²) in [5.41, 5.74) is 1.03. The van der Waals surface area contributed by atoms with Gasteiger partial charge in [-0.1, -0.05) is 36.9 Å². The van der Waals surface area contributed by atoms with E-state index in [0.717, 1.165) is 10.4 Å². The van der Waals surface area contributed by atoms with Crippen LogP contribution in [0.25, 0.3) is 6.08 Å². The zero-order valence-corrected chi connectivity index (χ0v) is 12.5. The maximum absolute atomic E-state index is 12.0. The van der Waals surface area contributed by atoms with Crippen LogP contribution in [0.5, 0.6) is 5.75 Å². The summed E-state index contributed by atoms with van der Waals surface area (Å²) in [6.07, 6.45) is 3.34. The van der Waals surface area contributed by atoms with Gasteiger partial charge in [-0.05, 0) is 23.6 Å². The lowest BCUT2D eigenvalue weighted by Gasteiger charge is -2.06. The van der Waals surface area contributed by atoms with E-state index in [0.29, 0.717) is 18.3 Å². The quantitative estimate of drug-likeness (QED) is 0.481. The van der Waals surface area contributed by atoms with E-state index in [9.17, 15) is 4.79 Å². The molecule has 1 aromatic carbocycles. The van der Waals surface area contributed by atoms with Gasteiger partial charge in [-0.3, -0.25) is 0 Å². The molecular formula is C17H13NO3S. The SMILES string of the molecule is C=CCOc1ccccc1C=C1N=C(c2cccs2)OC1=O. The molecule has 0 N–H and O–H groups in total. The summed E-state index contributed by atoms with van der Waals surface area (Å²) in [4.78, 5) is 17.0. The highest BCUT2D eigenvalue weighted by molar-refractivity contribution is 7.12. The Morgan fingerprint density at radius 1 is 1.27 bits per heavy atom. The van der Waals surface area contributed by atoms with Gasteiger partial charge in [-0.15, -0.1) is 11.3 Å². The van der Waals surface area contributed by atoms with Crippen molar-refractivity contribution in [3.05, 3.63) is 70.6 Å². The molecule has 0 saturated carbocycles. The molecule has 2 aromatic rings. The molecule has 0 amide bonds. The molecule has 0 atom stereocenters. The number of cyclic esters (lactones) is 1. The second-order valence-electron chi connectivity index (χ2n) is 4.45. The van der Waals surface area contributed by atoms with Gasteiger partial charge in [0.15, 0.2) is 5.70 Å². The van der Waals surface area contributed by atoms with Crippen LogP contribution < -0.4 is 4.74 Å². The first-order chi connectivity index (χ1) is 10.8. The van der Waals surface area contributed by atoms with Crippen molar-refractivity contribution < 1.29 is 14.3 Å². The average molecular weight is 311 g/mol. The molecule has 0 radical (unpaired) electrons. The number of carbonyl (C=O) groups excluding carboxylic acids is 1. The molecule has 22 heavy (non-hydrogen) atoms. The lowest BCUT2D eigenvalue weighted by atomic mass is 10.1. The normalized spacial score (nSPS) is 15.5. The summed E-state index contributed by atoms with van der Waals surface area (Å²) in [6.45, 7) is 4.02. The summed E-state index contributed by atoms with van der Waals surface area (Å²) in [5.74, 6) is 0.556. The molecule has 0 aliphatic carbocycles. The monoisotopic (exact) mass is 311 g/mol. The van der Waals surface area contributed by atoms with Gasteiger partial charge in [0.25, 0.3) is 0 Å². The maximum atomic E-state index is 12.0. The number of ether oxygens (including phenoxy) is 2. The van der Waals surface area contributed by atoms with E-state index in [1.54, 1.807) is 12.2 Å². The first-order valence-corrected chi connectivity index (χ1v) is 7.55. The van der Waals surface area contributed by atoms with Crippen LogP contribution in [0.4, 0.5) is 0 Å². The Balaban J connectivity index is 1.92. The van der Waals surface area contributed by atoms with Crippen LogP contribution in [0.3, 0.4) is 0 Å². The van der Waals surface area contributed by atoms with Gasteiger partial charge in [0.2, 0.25) is 5.90 Å². The molecule has 0 fully saturated rings. The number of nitrogens with zero attached hydrogens (tertiary/aromatic N) is 1. The molecule has 1 aromatic heterocycles. The Morgan fingerprint density at radius 2 is 2.14 bits per heavy atom. The number of carbonyl (C=O) groups is 1. The van der Waals surface area contributed by atoms with Gasteiger partial charge in [0.05, 0.1) is 4.88 Å². The number of esters is 1. The number of hydrogen-bond acceptors (Lipinski definition) is 5. The van der Waals surface area contributed by atoms with E-state index >= 15 is 0 Å². The van der Waals surface area contributed by atoms with Crippen molar-refractivity contribution in [2.24, 2.45) is 4.99 Å². The predicted molar refractivity (Wildman–Crippen MR) is 87.1 cm³/mol. The van der Waals surface area contributed by atoms with Crippen molar-refractivity contribution in [1.82, 2.24) is 0 Å². The number of benzene rings is 1. The molecule has 2 heterocycles. The molecule has 1 aliphatic heterocycles. The number of thiophene rings is 1. The second-order valence-corrected chi connectivity index (χ2v) is 5.40. The van der Waals surface area contributed by atoms with Crippen molar-refractivity contribution in [2.75, 3.05) is 6.61 Å². The Bertz CT molecular complexity index is 760. The lowest BCUT2D eigenvalue weighted by molar-refractivity contribution is -0.129. The van der Waals surface area contributed by atoms with Gasteiger partial charge in [-0.2, -0.15) is 0 Å². The van der Waals surface area contributed by atoms with Gasteiger partial charge < -0.3 is 9.47 Å². The van der Waals surface area contributed by atoms with E-state index in [1.807, 2.05) is 41.8 Å². The van der Waals surface area contributed by atoms with Crippen molar-refractivity contribution in [3.8, 4) is 5.75 Å². The molecule has 5 heteroatoms. The number of rotatable bonds is 5. The molecular weight excluding hydrogens is 298 g/mol. The Kier molecular flexibility index (Phi) is 4.16. The van der Waals surface area contributed by atoms with E-state index in [-0.39, 0.29) is 5.70 Å². The minimum absolute atomic E-state index is 0.262. The fourth-order valence-electron chi connectivity index (χ4n) is 1.94. The zero-order valence-electron chi connectivity index (χ0n) is 11.7. The summed E-state index contributed by atoms with van der Waals surface area (Å²) in [6, 6.07) is 11.2. The fourth-order valence-corrected chi connectivity index (χ4v) is 2.59. The summed E-state index contributed by atoms with van der Waals surface area (Å²) in [5, 5.41) is 1.91. The smallest absolute Gasteiger partial charge is 0.363 e. The van der Waals surface area contributed by atoms with Gasteiger partial charge in [0, 0.05) is 5.56 Å². The summed E-state index contributed by atoms with van der Waals surface area (Å²) >= 11 is 1.47. The second kappa shape index (κ2) is 6.41. The van der Waals surface area contributed by atoms with Crippen LogP contribution in [-0.2, 0) is 9.53 Å². The van der Waals surface area contributed by atoms with E-state index in [1.165, 1.54) is 11.3 Å². The molecule has 4 nitrogen and oxygen atoms in total. The topological polar surface area (TPSA) is 47.9 Å². The molecule has 0 saturated heterocycles. The van der Waals surface area contributed by atoms with Crippen molar-refractivity contribution in [1.29, 1.82) is 0 Å². The molecule has 0 bridgehead atoms. The third-order valence-corrected chi connectivity index (χ3v) is 3.78. The molecule has 110 valence electrons. The van der Waals surface area contributed by atoms with Crippen LogP contribution >= 0.6 is 11.3 Å². The van der Waals surface area contributed by atoms with E-state index in [2.05, 4.69) is 11.6 Å². The maximum Gasteiger partial charge on any atom is 0.363 e. The minimum Gasteiger partial charge on any atom is -0.489 e. The fraction of sp³-hybridized carbons (Fsp3) is 0.0588. The average Bonchev–Trinajstić information content (AvgIpc) is 3.17. The van der Waals surface area contributed by atoms with Crippen LogP contribution in [0.2, 0.25) is 0 Å². The number of para-hydroxylation sites is 1. The van der Waals surface area contributed by atoms with Crippen LogP contribution in [0.15, 0.2) is 65.1 Å². The molecule has 3 rings (SSSR count). The third kappa shape index (κ3) is 2.99. The number of aliphatic imine (C=N–C) groups is 1. The standard InChI is InChI=1S/C17H13NO3S/c1-2-9-20-14-7-4-3-6-12(14)11-13-17(19)21-16(18-13)15-8-5-10-22-15/h2-8,10-11H,1,9H2. The van der Waals surface area contributed by atoms with Gasteiger partial charge in [0.1, 0.15) is 12.4 Å². The summed E-state index contributed by atoms with van der Waals surface area (Å²) < 4.78 is 10.8. The minimum atomic E-state index is -0.457. The van der Waals surface area contributed by atoms with Crippen LogP contribution in [0, 0.1) is 0 Å². The first kappa shape index (κ1) is 14.3. The molecule has 1 aliphatic rings. The summed E-state index contributed by atoms with van der Waals surface area (Å²) in [7, 11) is 0. The highest BCUT2D eigenvalue weighted by Gasteiger charge is 2.25. The number of hydrogen-bond donors (Lipinski definition) is 0. The predicted octanol–water partition coefficient (Wildman–Crippen LogP) is 3.66. The van der Waals surface area contributed by atoms with E-state index in [4.69, 9.17) is 9.47 Å². The van der Waals surface area contributed by atoms with Gasteiger partial charge >= 0.3 is 5.97 Å². The molecule has 0 unspecified atom stereocenters. The van der Waals surface area contributed by atoms with Crippen molar-refractivity contribution in [3.63, 3.8) is 0 Å². The van der Waals surface area contributed by atoms with Crippen molar-refractivity contribution >= 4 is 29.3 Å². The first-order valence-electron chi connectivity index (χ1n) is 6.67. The highest BCUT2D eigenvalue weighted by atomic mass is 32.1. The highest BCUT2D eigenvalue weighted by Crippen LogP contribution is 2.25. The van der Waals surface area contributed by atoms with Gasteiger partial charge in [-0.25, -0.2) is 9.79 Å². The Hall–Kier alpha value is -2.66.